The van der Waals surface area contributed by atoms with Crippen molar-refractivity contribution in [3.05, 3.63) is 0 Å². The molecule has 1 aliphatic rings. The highest BCUT2D eigenvalue weighted by atomic mass is 15.3. The molecule has 0 amide bonds. The lowest BCUT2D eigenvalue weighted by atomic mass is 10.1. The largest absolute Gasteiger partial charge is 0.373 e. The van der Waals surface area contributed by atoms with Crippen molar-refractivity contribution in [1.29, 1.82) is 5.41 Å². The summed E-state index contributed by atoms with van der Waals surface area (Å²) in [5.74, 6) is 0.563. The Morgan fingerprint density at radius 1 is 1.19 bits per heavy atom. The van der Waals surface area contributed by atoms with Crippen LogP contribution in [0.4, 0.5) is 0 Å². The molecule has 1 rings (SSSR count). The van der Waals surface area contributed by atoms with Crippen LogP contribution in [0.15, 0.2) is 0 Å². The zero-order valence-electron chi connectivity index (χ0n) is 11.1. The van der Waals surface area contributed by atoms with Gasteiger partial charge in [-0.3, -0.25) is 15.2 Å². The number of amidine groups is 1. The standard InChI is InChI=1S/C12H26N4/c1-11(13)14-5-6-15-7-9-16(10-8-15)12(2,3)4/h5-10H2,1-4H3,(H2,13,14). The molecule has 0 radical (unpaired) electrons. The van der Waals surface area contributed by atoms with Crippen molar-refractivity contribution in [3.63, 3.8) is 0 Å². The molecule has 0 saturated carbocycles. The van der Waals surface area contributed by atoms with Crippen molar-refractivity contribution in [2.24, 2.45) is 0 Å². The van der Waals surface area contributed by atoms with Crippen LogP contribution in [-0.4, -0.2) is 60.4 Å². The third-order valence-corrected chi connectivity index (χ3v) is 3.14. The molecule has 0 bridgehead atoms. The summed E-state index contributed by atoms with van der Waals surface area (Å²) in [6, 6.07) is 0. The summed E-state index contributed by atoms with van der Waals surface area (Å²) in [5.41, 5.74) is 0.301. The lowest BCUT2D eigenvalue weighted by Gasteiger charge is -2.42. The van der Waals surface area contributed by atoms with Gasteiger partial charge in [-0.2, -0.15) is 0 Å². The maximum Gasteiger partial charge on any atom is 0.0900 e. The first-order valence-corrected chi connectivity index (χ1v) is 6.16. The van der Waals surface area contributed by atoms with Crippen molar-refractivity contribution in [1.82, 2.24) is 15.1 Å². The van der Waals surface area contributed by atoms with Crippen LogP contribution in [0.3, 0.4) is 0 Å². The van der Waals surface area contributed by atoms with Crippen molar-refractivity contribution >= 4 is 5.84 Å². The van der Waals surface area contributed by atoms with Gasteiger partial charge in [-0.05, 0) is 27.7 Å². The van der Waals surface area contributed by atoms with Crippen LogP contribution in [0.1, 0.15) is 27.7 Å². The summed E-state index contributed by atoms with van der Waals surface area (Å²) >= 11 is 0. The fourth-order valence-electron chi connectivity index (χ4n) is 2.04. The van der Waals surface area contributed by atoms with E-state index in [1.165, 1.54) is 0 Å². The molecular formula is C12H26N4. The van der Waals surface area contributed by atoms with E-state index in [0.29, 0.717) is 11.4 Å². The van der Waals surface area contributed by atoms with Crippen LogP contribution < -0.4 is 5.32 Å². The van der Waals surface area contributed by atoms with E-state index in [1.807, 2.05) is 0 Å². The Balaban J connectivity index is 2.19. The number of nitrogens with one attached hydrogen (secondary N) is 2. The van der Waals surface area contributed by atoms with Crippen molar-refractivity contribution in [2.75, 3.05) is 39.3 Å². The molecule has 1 aliphatic heterocycles. The van der Waals surface area contributed by atoms with Gasteiger partial charge < -0.3 is 5.32 Å². The quantitative estimate of drug-likeness (QED) is 0.557. The molecule has 4 nitrogen and oxygen atoms in total. The molecular weight excluding hydrogens is 200 g/mol. The van der Waals surface area contributed by atoms with Gasteiger partial charge in [0.1, 0.15) is 0 Å². The Bertz CT molecular complexity index is 224. The predicted octanol–water partition coefficient (Wildman–Crippen LogP) is 0.989. The van der Waals surface area contributed by atoms with Crippen molar-refractivity contribution < 1.29 is 0 Å². The smallest absolute Gasteiger partial charge is 0.0900 e. The molecule has 0 aromatic rings. The Morgan fingerprint density at radius 2 is 1.75 bits per heavy atom. The summed E-state index contributed by atoms with van der Waals surface area (Å²) in [6.07, 6.45) is 0. The van der Waals surface area contributed by atoms with E-state index in [4.69, 9.17) is 5.41 Å². The minimum Gasteiger partial charge on any atom is -0.373 e. The van der Waals surface area contributed by atoms with E-state index in [1.54, 1.807) is 6.92 Å². The Kier molecular flexibility index (Phi) is 4.74. The molecule has 1 heterocycles. The van der Waals surface area contributed by atoms with Gasteiger partial charge in [-0.1, -0.05) is 0 Å². The van der Waals surface area contributed by atoms with Gasteiger partial charge >= 0.3 is 0 Å². The monoisotopic (exact) mass is 226 g/mol. The molecule has 94 valence electrons. The molecule has 0 aliphatic carbocycles. The lowest BCUT2D eigenvalue weighted by molar-refractivity contribution is 0.0633. The van der Waals surface area contributed by atoms with Gasteiger partial charge in [0.2, 0.25) is 0 Å². The maximum absolute atomic E-state index is 7.29. The topological polar surface area (TPSA) is 42.4 Å². The second kappa shape index (κ2) is 5.64. The second-order valence-electron chi connectivity index (χ2n) is 5.55. The lowest BCUT2D eigenvalue weighted by Crippen LogP contribution is -2.54. The molecule has 0 aromatic carbocycles. The van der Waals surface area contributed by atoms with E-state index in [9.17, 15) is 0 Å². The average molecular weight is 226 g/mol. The Morgan fingerprint density at radius 3 is 2.19 bits per heavy atom. The molecule has 0 atom stereocenters. The first-order valence-electron chi connectivity index (χ1n) is 6.16. The summed E-state index contributed by atoms with van der Waals surface area (Å²) in [6.45, 7) is 15.2. The average Bonchev–Trinajstić information content (AvgIpc) is 2.16. The molecule has 1 saturated heterocycles. The van der Waals surface area contributed by atoms with Gasteiger partial charge in [0.05, 0.1) is 5.84 Å². The van der Waals surface area contributed by atoms with Gasteiger partial charge in [0, 0.05) is 44.8 Å². The van der Waals surface area contributed by atoms with Gasteiger partial charge in [0.25, 0.3) is 0 Å². The Labute approximate surface area is 99.5 Å². The number of piperazine rings is 1. The zero-order chi connectivity index (χ0) is 12.2. The third kappa shape index (κ3) is 4.49. The number of rotatable bonds is 3. The van der Waals surface area contributed by atoms with Crippen molar-refractivity contribution in [2.45, 2.75) is 33.2 Å². The van der Waals surface area contributed by atoms with Crippen LogP contribution in [0.5, 0.6) is 0 Å². The Hall–Kier alpha value is -0.610. The van der Waals surface area contributed by atoms with E-state index in [-0.39, 0.29) is 0 Å². The molecule has 16 heavy (non-hydrogen) atoms. The first kappa shape index (κ1) is 13.5. The molecule has 0 spiro atoms. The van der Waals surface area contributed by atoms with E-state index >= 15 is 0 Å². The SMILES string of the molecule is CC(=N)NCCN1CCN(C(C)(C)C)CC1. The molecule has 2 N–H and O–H groups in total. The van der Waals surface area contributed by atoms with Gasteiger partial charge in [-0.25, -0.2) is 0 Å². The second-order valence-corrected chi connectivity index (χ2v) is 5.55. The molecule has 4 heteroatoms. The van der Waals surface area contributed by atoms with Crippen LogP contribution in [0.2, 0.25) is 0 Å². The number of nitrogens with zero attached hydrogens (tertiary/aromatic N) is 2. The summed E-state index contributed by atoms with van der Waals surface area (Å²) < 4.78 is 0. The summed E-state index contributed by atoms with van der Waals surface area (Å²) in [5, 5.41) is 10.3. The molecule has 0 aromatic heterocycles. The van der Waals surface area contributed by atoms with Crippen LogP contribution in [0.25, 0.3) is 0 Å². The fourth-order valence-corrected chi connectivity index (χ4v) is 2.04. The predicted molar refractivity (Wildman–Crippen MR) is 69.2 cm³/mol. The summed E-state index contributed by atoms with van der Waals surface area (Å²) in [7, 11) is 0. The van der Waals surface area contributed by atoms with Crippen LogP contribution in [0, 0.1) is 5.41 Å². The van der Waals surface area contributed by atoms with Gasteiger partial charge in [0.15, 0.2) is 0 Å². The van der Waals surface area contributed by atoms with Crippen molar-refractivity contribution in [3.8, 4) is 0 Å². The zero-order valence-corrected chi connectivity index (χ0v) is 11.1. The van der Waals surface area contributed by atoms with Crippen LogP contribution in [-0.2, 0) is 0 Å². The van der Waals surface area contributed by atoms with E-state index < -0.39 is 0 Å². The summed E-state index contributed by atoms with van der Waals surface area (Å²) in [4.78, 5) is 5.01. The minimum atomic E-state index is 0.301. The highest BCUT2D eigenvalue weighted by Crippen LogP contribution is 2.15. The minimum absolute atomic E-state index is 0.301. The molecule has 1 fully saturated rings. The highest BCUT2D eigenvalue weighted by molar-refractivity contribution is 5.75. The van der Waals surface area contributed by atoms with Crippen LogP contribution >= 0.6 is 0 Å². The number of hydrogen-bond acceptors (Lipinski definition) is 3. The normalized spacial score (nSPS) is 19.8. The number of hydrogen-bond donors (Lipinski definition) is 2. The van der Waals surface area contributed by atoms with E-state index in [2.05, 4.69) is 35.9 Å². The third-order valence-electron chi connectivity index (χ3n) is 3.14. The van der Waals surface area contributed by atoms with Gasteiger partial charge in [-0.15, -0.1) is 0 Å². The van der Waals surface area contributed by atoms with E-state index in [0.717, 1.165) is 39.3 Å². The molecule has 0 unspecified atom stereocenters. The maximum atomic E-state index is 7.29. The highest BCUT2D eigenvalue weighted by Gasteiger charge is 2.25. The first-order chi connectivity index (χ1) is 7.39. The fraction of sp³-hybridized carbons (Fsp3) is 0.917.